The van der Waals surface area contributed by atoms with E-state index in [1.54, 1.807) is 12.1 Å². The molecule has 6 nitrogen and oxygen atoms in total. The van der Waals surface area contributed by atoms with E-state index < -0.39 is 35.6 Å². The number of nitrogens with two attached hydrogens (primary N) is 1. The molecule has 0 fully saturated rings. The Morgan fingerprint density at radius 2 is 1.39 bits per heavy atom. The number of carbonyl (C=O) groups is 3. The van der Waals surface area contributed by atoms with Gasteiger partial charge in [0.15, 0.2) is 0 Å². The second kappa shape index (κ2) is 11.0. The fourth-order valence-corrected chi connectivity index (χ4v) is 3.53. The minimum atomic E-state index is -1.05. The first-order valence-electron chi connectivity index (χ1n) is 10.6. The predicted octanol–water partition coefficient (Wildman–Crippen LogP) is 2.75. The van der Waals surface area contributed by atoms with Gasteiger partial charge >= 0.3 is 0 Å². The number of amides is 3. The second-order valence-electron chi connectivity index (χ2n) is 7.78. The average molecular weight is 448 g/mol. The normalized spacial score (nSPS) is 12.4. The predicted molar refractivity (Wildman–Crippen MR) is 124 cm³/mol. The molecular formula is C26H26FN3O3. The molecule has 0 aliphatic carbocycles. The molecule has 0 aliphatic heterocycles. The van der Waals surface area contributed by atoms with Crippen molar-refractivity contribution in [3.63, 3.8) is 0 Å². The van der Waals surface area contributed by atoms with Crippen LogP contribution in [0.25, 0.3) is 11.1 Å². The fraction of sp³-hybridized carbons (Fsp3) is 0.192. The van der Waals surface area contributed by atoms with Gasteiger partial charge in [-0.3, -0.25) is 14.4 Å². The maximum atomic E-state index is 14.1. The number of halogens is 1. The second-order valence-corrected chi connectivity index (χ2v) is 7.78. The number of carbonyl (C=O) groups excluding carboxylic acids is 3. The molecule has 0 aliphatic rings. The van der Waals surface area contributed by atoms with E-state index in [9.17, 15) is 18.8 Å². The van der Waals surface area contributed by atoms with Gasteiger partial charge in [0.1, 0.15) is 17.9 Å². The molecular weight excluding hydrogens is 421 g/mol. The molecule has 170 valence electrons. The quantitative estimate of drug-likeness (QED) is 0.470. The fourth-order valence-electron chi connectivity index (χ4n) is 3.53. The van der Waals surface area contributed by atoms with Crippen LogP contribution in [0.15, 0.2) is 78.9 Å². The smallest absolute Gasteiger partial charge is 0.243 e. The Balaban J connectivity index is 1.71. The highest BCUT2D eigenvalue weighted by atomic mass is 19.1. The van der Waals surface area contributed by atoms with Crippen molar-refractivity contribution in [3.8, 4) is 11.1 Å². The minimum Gasteiger partial charge on any atom is -0.368 e. The van der Waals surface area contributed by atoms with E-state index in [1.807, 2.05) is 54.6 Å². The summed E-state index contributed by atoms with van der Waals surface area (Å²) >= 11 is 0. The Morgan fingerprint density at radius 1 is 0.788 bits per heavy atom. The summed E-state index contributed by atoms with van der Waals surface area (Å²) in [5.41, 5.74) is 8.70. The first-order valence-corrected chi connectivity index (χ1v) is 10.6. The van der Waals surface area contributed by atoms with E-state index in [1.165, 1.54) is 19.1 Å². The van der Waals surface area contributed by atoms with Crippen molar-refractivity contribution in [2.45, 2.75) is 31.8 Å². The maximum absolute atomic E-state index is 14.1. The lowest BCUT2D eigenvalue weighted by Crippen LogP contribution is -2.54. The Morgan fingerprint density at radius 3 is 2.00 bits per heavy atom. The number of benzene rings is 3. The summed E-state index contributed by atoms with van der Waals surface area (Å²) in [5.74, 6) is -2.25. The number of hydrogen-bond acceptors (Lipinski definition) is 3. The molecule has 0 aromatic heterocycles. The molecule has 2 atom stereocenters. The number of nitrogens with one attached hydrogen (secondary N) is 2. The molecule has 4 N–H and O–H groups in total. The topological polar surface area (TPSA) is 101 Å². The van der Waals surface area contributed by atoms with Gasteiger partial charge in [-0.1, -0.05) is 72.8 Å². The van der Waals surface area contributed by atoms with Crippen molar-refractivity contribution in [2.24, 2.45) is 5.73 Å². The highest BCUT2D eigenvalue weighted by molar-refractivity contribution is 5.91. The lowest BCUT2D eigenvalue weighted by molar-refractivity contribution is -0.130. The number of primary amides is 1. The minimum absolute atomic E-state index is 0.0602. The summed E-state index contributed by atoms with van der Waals surface area (Å²) in [6.45, 7) is 1.27. The van der Waals surface area contributed by atoms with Crippen LogP contribution in [0.1, 0.15) is 18.1 Å². The third-order valence-electron chi connectivity index (χ3n) is 5.24. The molecule has 0 spiro atoms. The average Bonchev–Trinajstić information content (AvgIpc) is 2.80. The standard InChI is InChI=1S/C26H26FN3O3/c1-17(31)29-24(16-21-9-5-6-10-22(21)27)26(33)30-23(25(28)32)15-18-11-13-20(14-12-18)19-7-3-2-4-8-19/h2-14,23-24H,15-16H2,1H3,(H2,28,32)(H,29,31)(H,30,33)/t23-,24+/m0/s1. The van der Waals surface area contributed by atoms with Gasteiger partial charge in [0.25, 0.3) is 0 Å². The molecule has 3 rings (SSSR count). The van der Waals surface area contributed by atoms with E-state index in [0.717, 1.165) is 16.7 Å². The lowest BCUT2D eigenvalue weighted by atomic mass is 9.99. The van der Waals surface area contributed by atoms with Crippen molar-refractivity contribution in [1.82, 2.24) is 10.6 Å². The highest BCUT2D eigenvalue weighted by Gasteiger charge is 2.26. The third kappa shape index (κ3) is 6.74. The summed E-state index contributed by atoms with van der Waals surface area (Å²) in [4.78, 5) is 36.5. The summed E-state index contributed by atoms with van der Waals surface area (Å²) in [5, 5.41) is 5.13. The van der Waals surface area contributed by atoms with Gasteiger partial charge in [0.2, 0.25) is 17.7 Å². The van der Waals surface area contributed by atoms with E-state index in [4.69, 9.17) is 5.73 Å². The zero-order valence-electron chi connectivity index (χ0n) is 18.3. The largest absolute Gasteiger partial charge is 0.368 e. The first-order chi connectivity index (χ1) is 15.8. The monoisotopic (exact) mass is 447 g/mol. The molecule has 0 heterocycles. The van der Waals surface area contributed by atoms with Crippen LogP contribution < -0.4 is 16.4 Å². The van der Waals surface area contributed by atoms with Crippen LogP contribution in [0.5, 0.6) is 0 Å². The molecule has 0 radical (unpaired) electrons. The SMILES string of the molecule is CC(=O)N[C@H](Cc1ccccc1F)C(=O)N[C@@H](Cc1ccc(-c2ccccc2)cc1)C(N)=O. The van der Waals surface area contributed by atoms with E-state index in [-0.39, 0.29) is 18.4 Å². The van der Waals surface area contributed by atoms with Crippen molar-refractivity contribution in [2.75, 3.05) is 0 Å². The van der Waals surface area contributed by atoms with E-state index in [2.05, 4.69) is 10.6 Å². The van der Waals surface area contributed by atoms with Crippen LogP contribution in [0, 0.1) is 5.82 Å². The van der Waals surface area contributed by atoms with Crippen molar-refractivity contribution in [1.29, 1.82) is 0 Å². The van der Waals surface area contributed by atoms with Crippen molar-refractivity contribution < 1.29 is 18.8 Å². The van der Waals surface area contributed by atoms with Crippen molar-refractivity contribution in [3.05, 3.63) is 95.8 Å². The van der Waals surface area contributed by atoms with Crippen LogP contribution in [-0.4, -0.2) is 29.8 Å². The van der Waals surface area contributed by atoms with Crippen LogP contribution in [0.2, 0.25) is 0 Å². The molecule has 0 saturated carbocycles. The van der Waals surface area contributed by atoms with Crippen LogP contribution in [0.4, 0.5) is 4.39 Å². The first kappa shape index (κ1) is 23.7. The molecule has 7 heteroatoms. The van der Waals surface area contributed by atoms with Gasteiger partial charge in [-0.05, 0) is 28.3 Å². The summed E-state index contributed by atoms with van der Waals surface area (Å²) in [6.07, 6.45) is 0.123. The Hall–Kier alpha value is -4.00. The van der Waals surface area contributed by atoms with Crippen LogP contribution in [0.3, 0.4) is 0 Å². The van der Waals surface area contributed by atoms with Gasteiger partial charge in [-0.15, -0.1) is 0 Å². The Labute approximate surface area is 192 Å². The summed E-state index contributed by atoms with van der Waals surface area (Å²) in [6, 6.07) is 21.4. The number of hydrogen-bond donors (Lipinski definition) is 3. The van der Waals surface area contributed by atoms with Gasteiger partial charge in [0.05, 0.1) is 0 Å². The Bertz CT molecular complexity index is 1120. The van der Waals surface area contributed by atoms with E-state index in [0.29, 0.717) is 0 Å². The Kier molecular flexibility index (Phi) is 7.91. The number of rotatable bonds is 9. The molecule has 3 amide bonds. The van der Waals surface area contributed by atoms with Gasteiger partial charge in [0, 0.05) is 19.8 Å². The highest BCUT2D eigenvalue weighted by Crippen LogP contribution is 2.20. The molecule has 0 bridgehead atoms. The van der Waals surface area contributed by atoms with E-state index >= 15 is 0 Å². The van der Waals surface area contributed by atoms with Crippen molar-refractivity contribution >= 4 is 17.7 Å². The zero-order valence-corrected chi connectivity index (χ0v) is 18.3. The van der Waals surface area contributed by atoms with Crippen LogP contribution >= 0.6 is 0 Å². The van der Waals surface area contributed by atoms with Crippen LogP contribution in [-0.2, 0) is 27.2 Å². The maximum Gasteiger partial charge on any atom is 0.243 e. The molecule has 33 heavy (non-hydrogen) atoms. The lowest BCUT2D eigenvalue weighted by Gasteiger charge is -2.22. The third-order valence-corrected chi connectivity index (χ3v) is 5.24. The summed E-state index contributed by atoms with van der Waals surface area (Å²) < 4.78 is 14.1. The summed E-state index contributed by atoms with van der Waals surface area (Å²) in [7, 11) is 0. The molecule has 3 aromatic rings. The van der Waals surface area contributed by atoms with Gasteiger partial charge < -0.3 is 16.4 Å². The zero-order chi connectivity index (χ0) is 23.8. The molecule has 0 saturated heterocycles. The van der Waals surface area contributed by atoms with Gasteiger partial charge in [-0.25, -0.2) is 4.39 Å². The van der Waals surface area contributed by atoms with Gasteiger partial charge in [-0.2, -0.15) is 0 Å². The molecule has 0 unspecified atom stereocenters. The molecule has 3 aromatic carbocycles.